The van der Waals surface area contributed by atoms with Gasteiger partial charge in [-0.2, -0.15) is 0 Å². The highest BCUT2D eigenvalue weighted by Crippen LogP contribution is 2.37. The van der Waals surface area contributed by atoms with E-state index in [9.17, 15) is 0 Å². The Morgan fingerprint density at radius 1 is 0.794 bits per heavy atom. The average molecular weight is 458 g/mol. The second-order valence-electron chi connectivity index (χ2n) is 9.42. The van der Waals surface area contributed by atoms with Crippen LogP contribution in [0.25, 0.3) is 11.3 Å². The lowest BCUT2D eigenvalue weighted by Gasteiger charge is -2.26. The molecule has 0 radical (unpaired) electrons. The molecule has 0 aliphatic heterocycles. The summed E-state index contributed by atoms with van der Waals surface area (Å²) < 4.78 is 0. The molecule has 0 N–H and O–H groups in total. The van der Waals surface area contributed by atoms with Crippen LogP contribution in [0.3, 0.4) is 0 Å². The Morgan fingerprint density at radius 2 is 1.41 bits per heavy atom. The van der Waals surface area contributed by atoms with Crippen molar-refractivity contribution in [3.63, 3.8) is 0 Å². The normalized spacial score (nSPS) is 14.3. The van der Waals surface area contributed by atoms with Gasteiger partial charge in [0.25, 0.3) is 0 Å². The second-order valence-corrected chi connectivity index (χ2v) is 9.42. The SMILES string of the molecule is CC.CCc1cccc(CC)c1-c1cc(CC)c2c(n1)CCCC2C.Cc1ccc(C)c(C)c1. The Bertz CT molecular complexity index is 1020. The van der Waals surface area contributed by atoms with Crippen LogP contribution in [0.4, 0.5) is 0 Å². The fourth-order valence-electron chi connectivity index (χ4n) is 5.06. The van der Waals surface area contributed by atoms with Crippen LogP contribution in [0.1, 0.15) is 105 Å². The molecule has 4 rings (SSSR count). The number of aromatic nitrogens is 1. The molecule has 1 atom stereocenters. The number of hydrogen-bond acceptors (Lipinski definition) is 1. The molecule has 1 aliphatic rings. The maximum atomic E-state index is 5.16. The summed E-state index contributed by atoms with van der Waals surface area (Å²) in [6.45, 7) is 19.5. The summed E-state index contributed by atoms with van der Waals surface area (Å²) in [6.07, 6.45) is 6.99. The molecule has 1 aromatic heterocycles. The molecule has 2 aromatic carbocycles. The molecule has 1 unspecified atom stereocenters. The topological polar surface area (TPSA) is 12.9 Å². The van der Waals surface area contributed by atoms with Gasteiger partial charge < -0.3 is 0 Å². The van der Waals surface area contributed by atoms with Crippen molar-refractivity contribution < 1.29 is 0 Å². The molecule has 0 saturated carbocycles. The van der Waals surface area contributed by atoms with Crippen LogP contribution in [-0.2, 0) is 25.7 Å². The summed E-state index contributed by atoms with van der Waals surface area (Å²) >= 11 is 0. The van der Waals surface area contributed by atoms with Crippen molar-refractivity contribution in [3.05, 3.63) is 87.1 Å². The first-order chi connectivity index (χ1) is 16.4. The Morgan fingerprint density at radius 3 is 1.94 bits per heavy atom. The summed E-state index contributed by atoms with van der Waals surface area (Å²) in [7, 11) is 0. The first-order valence-corrected chi connectivity index (χ1v) is 13.6. The Hall–Kier alpha value is -2.41. The van der Waals surface area contributed by atoms with Gasteiger partial charge >= 0.3 is 0 Å². The number of rotatable bonds is 4. The molecule has 0 spiro atoms. The van der Waals surface area contributed by atoms with Crippen LogP contribution in [-0.4, -0.2) is 4.98 Å². The lowest BCUT2D eigenvalue weighted by Crippen LogP contribution is -2.13. The Labute approximate surface area is 210 Å². The quantitative estimate of drug-likeness (QED) is 0.380. The molecule has 1 aliphatic carbocycles. The largest absolute Gasteiger partial charge is 0.253 e. The van der Waals surface area contributed by atoms with E-state index in [1.165, 1.54) is 63.2 Å². The predicted octanol–water partition coefficient (Wildman–Crippen LogP) is 9.51. The standard InChI is InChI=1S/C22H29N.C9H12.C2H6/c1-5-16-11-9-12-17(6-2)22(16)20-14-18(7-3)21-15(4)10-8-13-19(21)23-20;1-7-4-5-8(2)9(3)6-7;1-2/h9,11-12,14-15H,5-8,10,13H2,1-4H3;4-6H,1-3H3;1-2H3. The van der Waals surface area contributed by atoms with Crippen LogP contribution in [0.5, 0.6) is 0 Å². The van der Waals surface area contributed by atoms with Gasteiger partial charge in [-0.1, -0.05) is 83.5 Å². The number of benzene rings is 2. The zero-order chi connectivity index (χ0) is 25.3. The first-order valence-electron chi connectivity index (χ1n) is 13.6. The third kappa shape index (κ3) is 6.59. The summed E-state index contributed by atoms with van der Waals surface area (Å²) in [5.74, 6) is 0.669. The molecule has 0 bridgehead atoms. The smallest absolute Gasteiger partial charge is 0.0713 e. The predicted molar refractivity (Wildman–Crippen MR) is 151 cm³/mol. The summed E-state index contributed by atoms with van der Waals surface area (Å²) in [4.78, 5) is 5.16. The van der Waals surface area contributed by atoms with Gasteiger partial charge in [-0.15, -0.1) is 0 Å². The van der Waals surface area contributed by atoms with Crippen LogP contribution >= 0.6 is 0 Å². The molecule has 1 heteroatoms. The van der Waals surface area contributed by atoms with E-state index in [0.29, 0.717) is 5.92 Å². The van der Waals surface area contributed by atoms with Crippen molar-refractivity contribution in [2.75, 3.05) is 0 Å². The monoisotopic (exact) mass is 457 g/mol. The van der Waals surface area contributed by atoms with Crippen LogP contribution < -0.4 is 0 Å². The van der Waals surface area contributed by atoms with Crippen molar-refractivity contribution in [3.8, 4) is 11.3 Å². The highest BCUT2D eigenvalue weighted by atomic mass is 14.7. The van der Waals surface area contributed by atoms with E-state index >= 15 is 0 Å². The van der Waals surface area contributed by atoms with Crippen molar-refractivity contribution in [1.29, 1.82) is 0 Å². The lowest BCUT2D eigenvalue weighted by molar-refractivity contribution is 0.573. The van der Waals surface area contributed by atoms with Crippen LogP contribution in [0.2, 0.25) is 0 Å². The first kappa shape index (κ1) is 27.8. The molecule has 0 fully saturated rings. The van der Waals surface area contributed by atoms with Gasteiger partial charge in [0.15, 0.2) is 0 Å². The minimum atomic E-state index is 0.669. The van der Waals surface area contributed by atoms with E-state index in [1.807, 2.05) is 13.8 Å². The minimum Gasteiger partial charge on any atom is -0.253 e. The van der Waals surface area contributed by atoms with Crippen molar-refractivity contribution in [2.24, 2.45) is 0 Å². The lowest BCUT2D eigenvalue weighted by atomic mass is 9.82. The Kier molecular flexibility index (Phi) is 11.0. The zero-order valence-electron chi connectivity index (χ0n) is 23.3. The number of aryl methyl sites for hydroxylation is 7. The number of fused-ring (bicyclic) bond motifs is 1. The molecule has 0 saturated heterocycles. The molecule has 1 heterocycles. The highest BCUT2D eigenvalue weighted by Gasteiger charge is 2.22. The third-order valence-corrected chi connectivity index (χ3v) is 7.07. The summed E-state index contributed by atoms with van der Waals surface area (Å²) in [5, 5.41) is 0. The van der Waals surface area contributed by atoms with Gasteiger partial charge in [0.1, 0.15) is 0 Å². The van der Waals surface area contributed by atoms with Crippen LogP contribution in [0, 0.1) is 20.8 Å². The fraction of sp³-hybridized carbons (Fsp3) is 0.485. The van der Waals surface area contributed by atoms with E-state index in [0.717, 1.165) is 25.7 Å². The highest BCUT2D eigenvalue weighted by molar-refractivity contribution is 5.69. The van der Waals surface area contributed by atoms with E-state index in [2.05, 4.69) is 90.9 Å². The van der Waals surface area contributed by atoms with Gasteiger partial charge in [0.2, 0.25) is 0 Å². The van der Waals surface area contributed by atoms with Gasteiger partial charge in [0, 0.05) is 11.3 Å². The van der Waals surface area contributed by atoms with Crippen molar-refractivity contribution in [2.45, 2.75) is 107 Å². The van der Waals surface area contributed by atoms with Gasteiger partial charge in [0.05, 0.1) is 5.69 Å². The Balaban J connectivity index is 0.000000311. The minimum absolute atomic E-state index is 0.669. The van der Waals surface area contributed by atoms with Gasteiger partial charge in [-0.25, -0.2) is 0 Å². The number of pyridine rings is 1. The van der Waals surface area contributed by atoms with Gasteiger partial charge in [-0.3, -0.25) is 4.98 Å². The van der Waals surface area contributed by atoms with E-state index in [4.69, 9.17) is 4.98 Å². The second kappa shape index (κ2) is 13.5. The summed E-state index contributed by atoms with van der Waals surface area (Å²) in [5.41, 5.74) is 14.0. The summed E-state index contributed by atoms with van der Waals surface area (Å²) in [6, 6.07) is 15.6. The maximum absolute atomic E-state index is 5.16. The van der Waals surface area contributed by atoms with Crippen LogP contribution in [0.15, 0.2) is 42.5 Å². The number of hydrogen-bond donors (Lipinski definition) is 0. The molecular weight excluding hydrogens is 410 g/mol. The fourth-order valence-corrected chi connectivity index (χ4v) is 5.06. The molecule has 34 heavy (non-hydrogen) atoms. The molecular formula is C33H47N. The van der Waals surface area contributed by atoms with Crippen molar-refractivity contribution >= 4 is 0 Å². The van der Waals surface area contributed by atoms with E-state index in [1.54, 1.807) is 5.56 Å². The van der Waals surface area contributed by atoms with Crippen molar-refractivity contribution in [1.82, 2.24) is 4.98 Å². The van der Waals surface area contributed by atoms with E-state index in [-0.39, 0.29) is 0 Å². The molecule has 184 valence electrons. The average Bonchev–Trinajstić information content (AvgIpc) is 2.86. The third-order valence-electron chi connectivity index (χ3n) is 7.07. The molecule has 0 amide bonds. The molecule has 1 nitrogen and oxygen atoms in total. The van der Waals surface area contributed by atoms with Gasteiger partial charge in [-0.05, 0) is 105 Å². The zero-order valence-corrected chi connectivity index (χ0v) is 23.3. The molecule has 3 aromatic rings. The maximum Gasteiger partial charge on any atom is 0.0713 e. The van der Waals surface area contributed by atoms with E-state index < -0.39 is 0 Å². The number of nitrogens with zero attached hydrogens (tertiary/aromatic N) is 1.